The zero-order chi connectivity index (χ0) is 13.1. The van der Waals surface area contributed by atoms with E-state index in [9.17, 15) is 13.2 Å². The molecule has 0 spiro atoms. The van der Waals surface area contributed by atoms with Gasteiger partial charge in [0.15, 0.2) is 0 Å². The molecule has 0 amide bonds. The van der Waals surface area contributed by atoms with E-state index in [2.05, 4.69) is 0 Å². The lowest BCUT2D eigenvalue weighted by Gasteiger charge is -2.31. The highest BCUT2D eigenvalue weighted by molar-refractivity contribution is 7.89. The SMILES string of the molecule is COCC(C)S(=O)(=O)N1CCC(C(=O)O)CC1. The number of nitrogens with zero attached hydrogens (tertiary/aromatic N) is 1. The Morgan fingerprint density at radius 3 is 2.41 bits per heavy atom. The van der Waals surface area contributed by atoms with E-state index in [1.54, 1.807) is 6.92 Å². The Morgan fingerprint density at radius 1 is 1.47 bits per heavy atom. The second kappa shape index (κ2) is 5.79. The molecule has 1 fully saturated rings. The fourth-order valence-electron chi connectivity index (χ4n) is 1.93. The topological polar surface area (TPSA) is 83.9 Å². The predicted octanol–water partition coefficient (Wildman–Crippen LogP) is 0.148. The largest absolute Gasteiger partial charge is 0.481 e. The van der Waals surface area contributed by atoms with Crippen molar-refractivity contribution in [2.45, 2.75) is 25.0 Å². The van der Waals surface area contributed by atoms with Gasteiger partial charge in [-0.3, -0.25) is 4.79 Å². The van der Waals surface area contributed by atoms with E-state index >= 15 is 0 Å². The molecule has 0 saturated carbocycles. The number of aliphatic carboxylic acids is 1. The Morgan fingerprint density at radius 2 is 2.00 bits per heavy atom. The highest BCUT2D eigenvalue weighted by Crippen LogP contribution is 2.21. The first-order valence-electron chi connectivity index (χ1n) is 5.60. The van der Waals surface area contributed by atoms with Gasteiger partial charge < -0.3 is 9.84 Å². The maximum Gasteiger partial charge on any atom is 0.306 e. The number of hydrogen-bond acceptors (Lipinski definition) is 4. The molecule has 0 aromatic carbocycles. The van der Waals surface area contributed by atoms with Crippen LogP contribution in [0.3, 0.4) is 0 Å². The molecule has 100 valence electrons. The monoisotopic (exact) mass is 265 g/mol. The van der Waals surface area contributed by atoms with Crippen molar-refractivity contribution in [1.82, 2.24) is 4.31 Å². The summed E-state index contributed by atoms with van der Waals surface area (Å²) in [7, 11) is -1.90. The highest BCUT2D eigenvalue weighted by atomic mass is 32.2. The van der Waals surface area contributed by atoms with E-state index in [1.807, 2.05) is 0 Å². The maximum absolute atomic E-state index is 12.1. The Kier molecular flexibility index (Phi) is 4.91. The summed E-state index contributed by atoms with van der Waals surface area (Å²) in [6, 6.07) is 0. The van der Waals surface area contributed by atoms with Crippen molar-refractivity contribution in [2.24, 2.45) is 5.92 Å². The molecule has 1 N–H and O–H groups in total. The first-order valence-corrected chi connectivity index (χ1v) is 7.10. The van der Waals surface area contributed by atoms with Gasteiger partial charge in [-0.25, -0.2) is 12.7 Å². The number of carboxylic acid groups (broad SMARTS) is 1. The van der Waals surface area contributed by atoms with Crippen LogP contribution in [0.2, 0.25) is 0 Å². The van der Waals surface area contributed by atoms with Crippen molar-refractivity contribution in [3.63, 3.8) is 0 Å². The lowest BCUT2D eigenvalue weighted by atomic mass is 9.99. The third kappa shape index (κ3) is 3.40. The highest BCUT2D eigenvalue weighted by Gasteiger charge is 2.33. The quantitative estimate of drug-likeness (QED) is 0.765. The summed E-state index contributed by atoms with van der Waals surface area (Å²) >= 11 is 0. The molecule has 1 aliphatic heterocycles. The second-order valence-electron chi connectivity index (χ2n) is 4.32. The molecule has 1 saturated heterocycles. The molecule has 1 atom stereocenters. The van der Waals surface area contributed by atoms with Gasteiger partial charge in [0.25, 0.3) is 0 Å². The molecular formula is C10H19NO5S. The molecule has 1 heterocycles. The van der Waals surface area contributed by atoms with Gasteiger partial charge in [-0.1, -0.05) is 0 Å². The van der Waals surface area contributed by atoms with Gasteiger partial charge in [-0.2, -0.15) is 0 Å². The molecule has 6 nitrogen and oxygen atoms in total. The average molecular weight is 265 g/mol. The summed E-state index contributed by atoms with van der Waals surface area (Å²) in [5, 5.41) is 8.24. The van der Waals surface area contributed by atoms with E-state index in [0.717, 1.165) is 0 Å². The lowest BCUT2D eigenvalue weighted by Crippen LogP contribution is -2.44. The van der Waals surface area contributed by atoms with Crippen LogP contribution < -0.4 is 0 Å². The van der Waals surface area contributed by atoms with Crippen LogP contribution in [-0.2, 0) is 19.6 Å². The molecule has 0 aromatic rings. The minimum Gasteiger partial charge on any atom is -0.481 e. The van der Waals surface area contributed by atoms with Gasteiger partial charge in [0.2, 0.25) is 10.0 Å². The molecule has 17 heavy (non-hydrogen) atoms. The smallest absolute Gasteiger partial charge is 0.306 e. The fraction of sp³-hybridized carbons (Fsp3) is 0.900. The lowest BCUT2D eigenvalue weighted by molar-refractivity contribution is -0.142. The minimum atomic E-state index is -3.36. The van der Waals surface area contributed by atoms with Crippen molar-refractivity contribution in [1.29, 1.82) is 0 Å². The number of rotatable bonds is 5. The molecule has 0 radical (unpaired) electrons. The van der Waals surface area contributed by atoms with Crippen LogP contribution in [0.1, 0.15) is 19.8 Å². The number of piperidine rings is 1. The van der Waals surface area contributed by atoms with Crippen molar-refractivity contribution >= 4 is 16.0 Å². The Labute approximate surface area is 102 Å². The summed E-state index contributed by atoms with van der Waals surface area (Å²) in [4.78, 5) is 10.8. The first kappa shape index (κ1) is 14.4. The third-order valence-electron chi connectivity index (χ3n) is 3.07. The van der Waals surface area contributed by atoms with Gasteiger partial charge in [0, 0.05) is 20.2 Å². The van der Waals surface area contributed by atoms with E-state index in [1.165, 1.54) is 11.4 Å². The van der Waals surface area contributed by atoms with Crippen LogP contribution >= 0.6 is 0 Å². The molecule has 0 aliphatic carbocycles. The number of carbonyl (C=O) groups is 1. The Hall–Kier alpha value is -0.660. The van der Waals surface area contributed by atoms with E-state index in [-0.39, 0.29) is 19.7 Å². The van der Waals surface area contributed by atoms with Crippen LogP contribution in [0.25, 0.3) is 0 Å². The maximum atomic E-state index is 12.1. The van der Waals surface area contributed by atoms with Crippen molar-refractivity contribution < 1.29 is 23.1 Å². The second-order valence-corrected chi connectivity index (χ2v) is 6.67. The predicted molar refractivity (Wildman–Crippen MR) is 62.2 cm³/mol. The Bertz CT molecular complexity index is 359. The van der Waals surface area contributed by atoms with Crippen LogP contribution in [-0.4, -0.2) is 55.9 Å². The number of ether oxygens (including phenoxy) is 1. The number of sulfonamides is 1. The zero-order valence-electron chi connectivity index (χ0n) is 10.1. The van der Waals surface area contributed by atoms with Crippen LogP contribution in [0.5, 0.6) is 0 Å². The Balaban J connectivity index is 2.61. The minimum absolute atomic E-state index is 0.154. The van der Waals surface area contributed by atoms with Gasteiger partial charge >= 0.3 is 5.97 Å². The van der Waals surface area contributed by atoms with Gasteiger partial charge in [-0.05, 0) is 19.8 Å². The van der Waals surface area contributed by atoms with Crippen LogP contribution in [0.4, 0.5) is 0 Å². The molecule has 0 aromatic heterocycles. The molecule has 1 rings (SSSR count). The van der Waals surface area contributed by atoms with Crippen molar-refractivity contribution in [2.75, 3.05) is 26.8 Å². The number of carboxylic acids is 1. The van der Waals surface area contributed by atoms with E-state index in [0.29, 0.717) is 12.8 Å². The average Bonchev–Trinajstić information content (AvgIpc) is 2.29. The summed E-state index contributed by atoms with van der Waals surface area (Å²) in [5.41, 5.74) is 0. The normalized spacial score (nSPS) is 21.3. The summed E-state index contributed by atoms with van der Waals surface area (Å²) in [6.07, 6.45) is 0.766. The molecule has 1 unspecified atom stereocenters. The summed E-state index contributed by atoms with van der Waals surface area (Å²) < 4.78 is 30.3. The van der Waals surface area contributed by atoms with E-state index in [4.69, 9.17) is 9.84 Å². The molecule has 7 heteroatoms. The third-order valence-corrected chi connectivity index (χ3v) is 5.31. The number of hydrogen-bond donors (Lipinski definition) is 1. The summed E-state index contributed by atoms with van der Waals surface area (Å²) in [6.45, 7) is 2.32. The van der Waals surface area contributed by atoms with Crippen LogP contribution in [0.15, 0.2) is 0 Å². The van der Waals surface area contributed by atoms with E-state index < -0.39 is 27.2 Å². The standard InChI is InChI=1S/C10H19NO5S/c1-8(7-16-2)17(14,15)11-5-3-9(4-6-11)10(12)13/h8-9H,3-7H2,1-2H3,(H,12,13). The van der Waals surface area contributed by atoms with Crippen molar-refractivity contribution in [3.8, 4) is 0 Å². The fourth-order valence-corrected chi connectivity index (χ4v) is 3.47. The first-order chi connectivity index (χ1) is 7.89. The van der Waals surface area contributed by atoms with Crippen molar-refractivity contribution in [3.05, 3.63) is 0 Å². The van der Waals surface area contributed by atoms with Gasteiger partial charge in [-0.15, -0.1) is 0 Å². The molecular weight excluding hydrogens is 246 g/mol. The number of methoxy groups -OCH3 is 1. The molecule has 0 bridgehead atoms. The zero-order valence-corrected chi connectivity index (χ0v) is 10.9. The van der Waals surface area contributed by atoms with Gasteiger partial charge in [0.05, 0.1) is 17.8 Å². The summed E-state index contributed by atoms with van der Waals surface area (Å²) in [5.74, 6) is -1.26. The molecule has 1 aliphatic rings. The van der Waals surface area contributed by atoms with Crippen LogP contribution in [0, 0.1) is 5.92 Å². The van der Waals surface area contributed by atoms with Gasteiger partial charge in [0.1, 0.15) is 0 Å².